The Morgan fingerprint density at radius 2 is 1.86 bits per heavy atom. The molecule has 0 aromatic heterocycles. The number of hydrogen-bond donors (Lipinski definition) is 3. The largest absolute Gasteiger partial charge is 0.493 e. The van der Waals surface area contributed by atoms with Crippen LogP contribution in [0.2, 0.25) is 0 Å². The first-order valence-electron chi connectivity index (χ1n) is 9.62. The van der Waals surface area contributed by atoms with Crippen molar-refractivity contribution in [1.82, 2.24) is 5.32 Å². The van der Waals surface area contributed by atoms with E-state index in [4.69, 9.17) is 19.3 Å². The van der Waals surface area contributed by atoms with Gasteiger partial charge in [0.15, 0.2) is 11.5 Å². The van der Waals surface area contributed by atoms with Crippen LogP contribution in [0, 0.1) is 0 Å². The van der Waals surface area contributed by atoms with Gasteiger partial charge >= 0.3 is 0 Å². The molecule has 0 saturated heterocycles. The summed E-state index contributed by atoms with van der Waals surface area (Å²) in [5, 5.41) is 15.4. The number of nitrogens with one attached hydrogen (secondary N) is 2. The molecule has 3 rings (SSSR count). The highest BCUT2D eigenvalue weighted by Gasteiger charge is 2.28. The van der Waals surface area contributed by atoms with Gasteiger partial charge in [0.2, 0.25) is 11.2 Å². The molecule has 7 heteroatoms. The maximum atomic E-state index is 12.8. The molecule has 7 nitrogen and oxygen atoms in total. The van der Waals surface area contributed by atoms with Crippen molar-refractivity contribution in [3.8, 4) is 28.4 Å². The molecule has 0 radical (unpaired) electrons. The highest BCUT2D eigenvalue weighted by atomic mass is 16.5. The Balaban J connectivity index is 2.35. The second-order valence-corrected chi connectivity index (χ2v) is 6.83. The van der Waals surface area contributed by atoms with Crippen LogP contribution in [-0.2, 0) is 6.42 Å². The first-order valence-corrected chi connectivity index (χ1v) is 9.62. The van der Waals surface area contributed by atoms with Crippen LogP contribution in [0.25, 0.3) is 11.1 Å². The van der Waals surface area contributed by atoms with Crippen molar-refractivity contribution < 1.29 is 19.3 Å². The van der Waals surface area contributed by atoms with Gasteiger partial charge < -0.3 is 30.0 Å². The van der Waals surface area contributed by atoms with E-state index in [0.29, 0.717) is 29.5 Å². The smallest absolute Gasteiger partial charge is 0.203 e. The molecule has 3 N–H and O–H groups in total. The van der Waals surface area contributed by atoms with Crippen LogP contribution in [0.3, 0.4) is 0 Å². The highest BCUT2D eigenvalue weighted by molar-refractivity contribution is 5.83. The molecule has 2 aromatic rings. The van der Waals surface area contributed by atoms with Crippen molar-refractivity contribution in [1.29, 1.82) is 0 Å². The van der Waals surface area contributed by atoms with Crippen molar-refractivity contribution in [3.05, 3.63) is 45.6 Å². The average molecular weight is 400 g/mol. The van der Waals surface area contributed by atoms with Crippen LogP contribution in [0.15, 0.2) is 29.1 Å². The zero-order chi connectivity index (χ0) is 21.0. The van der Waals surface area contributed by atoms with Gasteiger partial charge in [-0.1, -0.05) is 6.07 Å². The van der Waals surface area contributed by atoms with Gasteiger partial charge in [-0.2, -0.15) is 0 Å². The van der Waals surface area contributed by atoms with E-state index in [1.165, 1.54) is 0 Å². The second kappa shape index (κ2) is 9.15. The van der Waals surface area contributed by atoms with Crippen molar-refractivity contribution in [2.45, 2.75) is 18.9 Å². The monoisotopic (exact) mass is 400 g/mol. The van der Waals surface area contributed by atoms with Crippen LogP contribution in [0.4, 0.5) is 5.69 Å². The van der Waals surface area contributed by atoms with Gasteiger partial charge in [-0.05, 0) is 54.8 Å². The number of fused-ring (bicyclic) bond motifs is 3. The number of aliphatic hydroxyl groups is 1. The van der Waals surface area contributed by atoms with Crippen molar-refractivity contribution in [2.75, 3.05) is 46.8 Å². The minimum absolute atomic E-state index is 0.00453. The van der Waals surface area contributed by atoms with Gasteiger partial charge in [-0.25, -0.2) is 0 Å². The topological polar surface area (TPSA) is 89.1 Å². The normalized spacial score (nSPS) is 15.0. The summed E-state index contributed by atoms with van der Waals surface area (Å²) in [4.78, 5) is 12.8. The fourth-order valence-corrected chi connectivity index (χ4v) is 3.95. The summed E-state index contributed by atoms with van der Waals surface area (Å²) in [6.45, 7) is 0.259. The van der Waals surface area contributed by atoms with Crippen molar-refractivity contribution in [2.24, 2.45) is 0 Å². The first-order chi connectivity index (χ1) is 14.1. The molecule has 1 atom stereocenters. The molecule has 0 amide bonds. The van der Waals surface area contributed by atoms with E-state index in [1.807, 2.05) is 19.2 Å². The van der Waals surface area contributed by atoms with Crippen LogP contribution in [0.1, 0.15) is 23.6 Å². The van der Waals surface area contributed by atoms with Crippen LogP contribution < -0.4 is 30.3 Å². The zero-order valence-corrected chi connectivity index (χ0v) is 17.3. The number of benzene rings is 1. The predicted molar refractivity (Wildman–Crippen MR) is 114 cm³/mol. The SMILES string of the molecule is CN[C@@H]1CCc2cc(OC)c(OC)c(OC)c2-c2ccc(NCCO)c(=O)cc21. The Morgan fingerprint density at radius 1 is 1.10 bits per heavy atom. The summed E-state index contributed by atoms with van der Waals surface area (Å²) in [5.74, 6) is 1.72. The van der Waals surface area contributed by atoms with Crippen LogP contribution in [0.5, 0.6) is 17.2 Å². The number of aliphatic hydroxyl groups excluding tert-OH is 1. The van der Waals surface area contributed by atoms with Gasteiger partial charge in [0.05, 0.1) is 33.6 Å². The van der Waals surface area contributed by atoms with E-state index in [1.54, 1.807) is 33.5 Å². The summed E-state index contributed by atoms with van der Waals surface area (Å²) < 4.78 is 16.9. The van der Waals surface area contributed by atoms with Gasteiger partial charge in [0.25, 0.3) is 0 Å². The van der Waals surface area contributed by atoms with Crippen LogP contribution >= 0.6 is 0 Å². The molecule has 0 spiro atoms. The number of aryl methyl sites for hydroxylation is 1. The molecule has 156 valence electrons. The van der Waals surface area contributed by atoms with E-state index in [9.17, 15) is 4.79 Å². The summed E-state index contributed by atoms with van der Waals surface area (Å²) in [6.07, 6.45) is 1.61. The maximum absolute atomic E-state index is 12.8. The molecule has 0 heterocycles. The lowest BCUT2D eigenvalue weighted by Gasteiger charge is -2.19. The fraction of sp³-hybridized carbons (Fsp3) is 0.409. The van der Waals surface area contributed by atoms with E-state index in [0.717, 1.165) is 35.1 Å². The number of anilines is 1. The molecule has 1 aliphatic carbocycles. The Morgan fingerprint density at radius 3 is 2.48 bits per heavy atom. The molecule has 1 aliphatic rings. The number of ether oxygens (including phenoxy) is 3. The quantitative estimate of drug-likeness (QED) is 0.657. The minimum Gasteiger partial charge on any atom is -0.493 e. The van der Waals surface area contributed by atoms with Crippen LogP contribution in [-0.4, -0.2) is 46.6 Å². The maximum Gasteiger partial charge on any atom is 0.203 e. The molecular formula is C22H28N2O5. The predicted octanol–water partition coefficient (Wildman–Crippen LogP) is 2.35. The van der Waals surface area contributed by atoms with Gasteiger partial charge in [0, 0.05) is 18.2 Å². The lowest BCUT2D eigenvalue weighted by molar-refractivity contribution is 0.311. The second-order valence-electron chi connectivity index (χ2n) is 6.83. The molecule has 0 aliphatic heterocycles. The third kappa shape index (κ3) is 3.88. The van der Waals surface area contributed by atoms with Gasteiger partial charge in [-0.15, -0.1) is 0 Å². The number of methoxy groups -OCH3 is 3. The Bertz CT molecular complexity index is 945. The molecule has 0 fully saturated rings. The first kappa shape index (κ1) is 21.0. The highest BCUT2D eigenvalue weighted by Crippen LogP contribution is 2.50. The summed E-state index contributed by atoms with van der Waals surface area (Å²) >= 11 is 0. The molecule has 29 heavy (non-hydrogen) atoms. The Labute approximate surface area is 170 Å². The summed E-state index contributed by atoms with van der Waals surface area (Å²) in [5.41, 5.74) is 4.11. The zero-order valence-electron chi connectivity index (χ0n) is 17.3. The molecule has 2 aromatic carbocycles. The molecule has 0 saturated carbocycles. The third-order valence-electron chi connectivity index (χ3n) is 5.31. The Hall–Kier alpha value is -2.77. The number of hydrogen-bond acceptors (Lipinski definition) is 7. The van der Waals surface area contributed by atoms with E-state index < -0.39 is 0 Å². The third-order valence-corrected chi connectivity index (χ3v) is 5.31. The van der Waals surface area contributed by atoms with E-state index in [-0.39, 0.29) is 18.1 Å². The average Bonchev–Trinajstić information content (AvgIpc) is 2.98. The Kier molecular flexibility index (Phi) is 6.61. The molecular weight excluding hydrogens is 372 g/mol. The van der Waals surface area contributed by atoms with Gasteiger partial charge in [0.1, 0.15) is 0 Å². The summed E-state index contributed by atoms with van der Waals surface area (Å²) in [6, 6.07) is 7.34. The van der Waals surface area contributed by atoms with E-state index in [2.05, 4.69) is 10.6 Å². The minimum atomic E-state index is -0.122. The fourth-order valence-electron chi connectivity index (χ4n) is 3.95. The van der Waals surface area contributed by atoms with E-state index >= 15 is 0 Å². The lowest BCUT2D eigenvalue weighted by Crippen LogP contribution is -2.18. The molecule has 0 unspecified atom stereocenters. The standard InChI is InChI=1S/C22H28N2O5/c1-23-16-7-5-13-11-19(27-2)21(28-3)22(29-4)20(13)14-6-8-17(24-9-10-25)18(26)12-15(14)16/h6,8,11-12,16,23,25H,5,7,9-10H2,1-4H3,(H,24,26)/t16-/m1/s1. The lowest BCUT2D eigenvalue weighted by atomic mass is 9.95. The van der Waals surface area contributed by atoms with Crippen molar-refractivity contribution in [3.63, 3.8) is 0 Å². The van der Waals surface area contributed by atoms with Crippen molar-refractivity contribution >= 4 is 5.69 Å². The molecule has 0 bridgehead atoms. The summed E-state index contributed by atoms with van der Waals surface area (Å²) in [7, 11) is 6.69. The number of rotatable bonds is 7. The van der Waals surface area contributed by atoms with Gasteiger partial charge in [-0.3, -0.25) is 4.79 Å².